The fourth-order valence-corrected chi connectivity index (χ4v) is 1.29. The topological polar surface area (TPSA) is 78.5 Å². The van der Waals surface area contributed by atoms with Crippen molar-refractivity contribution in [1.82, 2.24) is 0 Å². The summed E-state index contributed by atoms with van der Waals surface area (Å²) in [6, 6.07) is 5.49. The molecule has 0 heterocycles. The van der Waals surface area contributed by atoms with E-state index < -0.39 is 0 Å². The van der Waals surface area contributed by atoms with Crippen LogP contribution in [0.1, 0.15) is 5.56 Å². The molecule has 1 rings (SSSR count). The summed E-state index contributed by atoms with van der Waals surface area (Å²) >= 11 is 0. The van der Waals surface area contributed by atoms with Gasteiger partial charge in [0.15, 0.2) is 0 Å². The molecule has 1 aromatic carbocycles. The number of nitrogens with two attached hydrogens (primary N) is 1. The summed E-state index contributed by atoms with van der Waals surface area (Å²) in [7, 11) is 0. The highest BCUT2D eigenvalue weighted by atomic mass is 16.3. The molecule has 5 N–H and O–H groups in total. The van der Waals surface area contributed by atoms with E-state index in [1.165, 1.54) is 0 Å². The highest BCUT2D eigenvalue weighted by Crippen LogP contribution is 2.19. The summed E-state index contributed by atoms with van der Waals surface area (Å²) in [5, 5.41) is 20.6. The molecule has 0 bridgehead atoms. The van der Waals surface area contributed by atoms with Crippen LogP contribution < -0.4 is 11.1 Å². The van der Waals surface area contributed by atoms with Gasteiger partial charge in [0.05, 0.1) is 6.61 Å². The Morgan fingerprint density at radius 2 is 2.00 bits per heavy atom. The summed E-state index contributed by atoms with van der Waals surface area (Å²) < 4.78 is 0. The molecular weight excluding hydrogens is 180 g/mol. The molecule has 0 aromatic heterocycles. The van der Waals surface area contributed by atoms with Gasteiger partial charge in [-0.25, -0.2) is 0 Å². The van der Waals surface area contributed by atoms with Crippen molar-refractivity contribution >= 4 is 11.4 Å². The second kappa shape index (κ2) is 5.47. The smallest absolute Gasteiger partial charge is 0.0604 e. The molecular formula is C10H16N2O2. The molecule has 0 radical (unpaired) electrons. The summed E-state index contributed by atoms with van der Waals surface area (Å²) in [6.45, 7) is 0.674. The number of hydrogen-bond acceptors (Lipinski definition) is 4. The van der Waals surface area contributed by atoms with Crippen molar-refractivity contribution in [1.29, 1.82) is 0 Å². The first-order chi connectivity index (χ1) is 6.77. The predicted molar refractivity (Wildman–Crippen MR) is 57.2 cm³/mol. The Kier molecular flexibility index (Phi) is 4.22. The average molecular weight is 196 g/mol. The molecule has 1 aromatic rings. The van der Waals surface area contributed by atoms with Crippen molar-refractivity contribution in [2.75, 3.05) is 30.8 Å². The van der Waals surface area contributed by atoms with Gasteiger partial charge in [0.2, 0.25) is 0 Å². The summed E-state index contributed by atoms with van der Waals surface area (Å²) in [5.74, 6) is 0. The van der Waals surface area contributed by atoms with Gasteiger partial charge < -0.3 is 21.3 Å². The standard InChI is InChI=1S/C10H16N2O2/c11-9-2-1-8(3-5-13)10(7-9)12-4-6-14/h1-2,7,12-14H,3-6,11H2. The lowest BCUT2D eigenvalue weighted by Crippen LogP contribution is -2.08. The summed E-state index contributed by atoms with van der Waals surface area (Å²) in [4.78, 5) is 0. The first kappa shape index (κ1) is 10.8. The first-order valence-corrected chi connectivity index (χ1v) is 4.62. The van der Waals surface area contributed by atoms with E-state index in [1.807, 2.05) is 6.07 Å². The molecule has 0 atom stereocenters. The lowest BCUT2D eigenvalue weighted by atomic mass is 10.1. The van der Waals surface area contributed by atoms with Gasteiger partial charge in [-0.1, -0.05) is 6.07 Å². The predicted octanol–water partition coefficient (Wildman–Crippen LogP) is 0.208. The Bertz CT molecular complexity index is 289. The Hall–Kier alpha value is -1.26. The van der Waals surface area contributed by atoms with E-state index in [0.29, 0.717) is 18.7 Å². The molecule has 4 heteroatoms. The van der Waals surface area contributed by atoms with Crippen LogP contribution in [-0.2, 0) is 6.42 Å². The Morgan fingerprint density at radius 3 is 2.64 bits per heavy atom. The van der Waals surface area contributed by atoms with E-state index in [9.17, 15) is 0 Å². The van der Waals surface area contributed by atoms with Gasteiger partial charge in [0.1, 0.15) is 0 Å². The van der Waals surface area contributed by atoms with E-state index in [0.717, 1.165) is 11.3 Å². The third-order valence-electron chi connectivity index (χ3n) is 1.94. The SMILES string of the molecule is Nc1ccc(CCO)c(NCCO)c1. The van der Waals surface area contributed by atoms with Crippen molar-refractivity contribution in [3.63, 3.8) is 0 Å². The van der Waals surface area contributed by atoms with Crippen molar-refractivity contribution in [3.05, 3.63) is 23.8 Å². The largest absolute Gasteiger partial charge is 0.399 e. The molecule has 0 amide bonds. The zero-order valence-electron chi connectivity index (χ0n) is 8.03. The number of hydrogen-bond donors (Lipinski definition) is 4. The van der Waals surface area contributed by atoms with Crippen LogP contribution in [0.5, 0.6) is 0 Å². The molecule has 0 saturated carbocycles. The molecule has 0 unspecified atom stereocenters. The fourth-order valence-electron chi connectivity index (χ4n) is 1.29. The van der Waals surface area contributed by atoms with E-state index in [2.05, 4.69) is 5.32 Å². The average Bonchev–Trinajstić information content (AvgIpc) is 2.18. The molecule has 0 aliphatic rings. The lowest BCUT2D eigenvalue weighted by Gasteiger charge is -2.11. The molecule has 0 saturated heterocycles. The van der Waals surface area contributed by atoms with Crippen molar-refractivity contribution in [3.8, 4) is 0 Å². The van der Waals surface area contributed by atoms with Crippen LogP contribution in [-0.4, -0.2) is 30.0 Å². The van der Waals surface area contributed by atoms with Crippen LogP contribution in [0.4, 0.5) is 11.4 Å². The molecule has 0 spiro atoms. The molecule has 0 aliphatic heterocycles. The number of rotatable bonds is 5. The number of nitrogen functional groups attached to an aromatic ring is 1. The zero-order valence-corrected chi connectivity index (χ0v) is 8.03. The minimum atomic E-state index is 0.0768. The minimum absolute atomic E-state index is 0.0768. The number of benzene rings is 1. The zero-order chi connectivity index (χ0) is 10.4. The van der Waals surface area contributed by atoms with Gasteiger partial charge in [-0.05, 0) is 24.1 Å². The van der Waals surface area contributed by atoms with Gasteiger partial charge in [-0.2, -0.15) is 0 Å². The first-order valence-electron chi connectivity index (χ1n) is 4.62. The lowest BCUT2D eigenvalue weighted by molar-refractivity contribution is 0.299. The van der Waals surface area contributed by atoms with E-state index in [-0.39, 0.29) is 13.2 Å². The van der Waals surface area contributed by atoms with Crippen LogP contribution in [0.15, 0.2) is 18.2 Å². The Morgan fingerprint density at radius 1 is 1.21 bits per heavy atom. The molecule has 0 fully saturated rings. The minimum Gasteiger partial charge on any atom is -0.399 e. The maximum absolute atomic E-state index is 8.83. The number of anilines is 2. The third-order valence-corrected chi connectivity index (χ3v) is 1.94. The van der Waals surface area contributed by atoms with Crippen LogP contribution in [0.2, 0.25) is 0 Å². The van der Waals surface area contributed by atoms with Crippen molar-refractivity contribution in [2.24, 2.45) is 0 Å². The van der Waals surface area contributed by atoms with E-state index in [1.54, 1.807) is 12.1 Å². The van der Waals surface area contributed by atoms with Gasteiger partial charge in [0, 0.05) is 24.5 Å². The third kappa shape index (κ3) is 2.90. The maximum atomic E-state index is 8.83. The number of nitrogens with one attached hydrogen (secondary N) is 1. The van der Waals surface area contributed by atoms with Crippen LogP contribution >= 0.6 is 0 Å². The Balaban J connectivity index is 2.79. The van der Waals surface area contributed by atoms with Gasteiger partial charge >= 0.3 is 0 Å². The Labute approximate surface area is 83.4 Å². The van der Waals surface area contributed by atoms with Crippen molar-refractivity contribution < 1.29 is 10.2 Å². The maximum Gasteiger partial charge on any atom is 0.0604 e. The normalized spacial score (nSPS) is 10.1. The van der Waals surface area contributed by atoms with Crippen molar-refractivity contribution in [2.45, 2.75) is 6.42 Å². The van der Waals surface area contributed by atoms with Crippen LogP contribution in [0.25, 0.3) is 0 Å². The molecule has 4 nitrogen and oxygen atoms in total. The highest BCUT2D eigenvalue weighted by molar-refractivity contribution is 5.59. The van der Waals surface area contributed by atoms with E-state index in [4.69, 9.17) is 15.9 Å². The van der Waals surface area contributed by atoms with Gasteiger partial charge in [-0.3, -0.25) is 0 Å². The molecule has 78 valence electrons. The van der Waals surface area contributed by atoms with Crippen LogP contribution in [0.3, 0.4) is 0 Å². The monoisotopic (exact) mass is 196 g/mol. The summed E-state index contributed by atoms with van der Waals surface area (Å²) in [6.07, 6.45) is 0.591. The second-order valence-electron chi connectivity index (χ2n) is 3.04. The molecule has 0 aliphatic carbocycles. The van der Waals surface area contributed by atoms with Crippen LogP contribution in [0, 0.1) is 0 Å². The number of aliphatic hydroxyl groups excluding tert-OH is 2. The fraction of sp³-hybridized carbons (Fsp3) is 0.400. The molecule has 14 heavy (non-hydrogen) atoms. The van der Waals surface area contributed by atoms with E-state index >= 15 is 0 Å². The quantitative estimate of drug-likeness (QED) is 0.508. The second-order valence-corrected chi connectivity index (χ2v) is 3.04. The highest BCUT2D eigenvalue weighted by Gasteiger charge is 2.01. The number of aliphatic hydroxyl groups is 2. The van der Waals surface area contributed by atoms with Gasteiger partial charge in [0.25, 0.3) is 0 Å². The van der Waals surface area contributed by atoms with Gasteiger partial charge in [-0.15, -0.1) is 0 Å². The summed E-state index contributed by atoms with van der Waals surface area (Å²) in [5.41, 5.74) is 8.20.